The average Bonchev–Trinajstić information content (AvgIpc) is 2.30. The summed E-state index contributed by atoms with van der Waals surface area (Å²) in [5.74, 6) is 1.02. The zero-order valence-corrected chi connectivity index (χ0v) is 11.5. The Morgan fingerprint density at radius 3 is 2.94 bits per heavy atom. The van der Waals surface area contributed by atoms with Gasteiger partial charge in [-0.05, 0) is 22.9 Å². The molecule has 0 saturated carbocycles. The predicted octanol–water partition coefficient (Wildman–Crippen LogP) is 0.630. The van der Waals surface area contributed by atoms with E-state index >= 15 is 0 Å². The fourth-order valence-corrected chi connectivity index (χ4v) is 1.51. The Labute approximate surface area is 109 Å². The van der Waals surface area contributed by atoms with Crippen LogP contribution >= 0.6 is 15.9 Å². The molecule has 0 aliphatic rings. The second-order valence-corrected chi connectivity index (χ2v) is 4.39. The van der Waals surface area contributed by atoms with E-state index in [1.165, 1.54) is 0 Å². The van der Waals surface area contributed by atoms with E-state index in [4.69, 9.17) is 9.84 Å². The number of aromatic nitrogens is 2. The third kappa shape index (κ3) is 5.29. The van der Waals surface area contributed by atoms with Crippen molar-refractivity contribution in [3.63, 3.8) is 0 Å². The van der Waals surface area contributed by atoms with Crippen LogP contribution in [0.5, 0.6) is 5.88 Å². The molecule has 7 heteroatoms. The highest BCUT2D eigenvalue weighted by molar-refractivity contribution is 9.10. The minimum absolute atomic E-state index is 0.334. The molecule has 0 amide bonds. The summed E-state index contributed by atoms with van der Waals surface area (Å²) in [5, 5.41) is 15.2. The summed E-state index contributed by atoms with van der Waals surface area (Å²) >= 11 is 3.28. The Kier molecular flexibility index (Phi) is 6.17. The number of hydrogen-bond acceptors (Lipinski definition) is 6. The molecule has 1 aromatic rings. The Morgan fingerprint density at radius 1 is 1.53 bits per heavy atom. The highest BCUT2D eigenvalue weighted by atomic mass is 79.9. The molecule has 0 aliphatic carbocycles. The molecule has 0 aliphatic heterocycles. The number of halogens is 1. The number of nitrogens with zero attached hydrogens (tertiary/aromatic N) is 2. The minimum atomic E-state index is -0.334. The molecular formula is C10H17BrN4O2. The Morgan fingerprint density at radius 2 is 2.29 bits per heavy atom. The largest absolute Gasteiger partial charge is 0.480 e. The van der Waals surface area contributed by atoms with E-state index in [-0.39, 0.29) is 6.10 Å². The number of rotatable bonds is 7. The maximum absolute atomic E-state index is 9.04. The van der Waals surface area contributed by atoms with Gasteiger partial charge < -0.3 is 20.5 Å². The van der Waals surface area contributed by atoms with Crippen molar-refractivity contribution in [3.8, 4) is 5.88 Å². The monoisotopic (exact) mass is 304 g/mol. The molecule has 3 N–H and O–H groups in total. The van der Waals surface area contributed by atoms with Crippen molar-refractivity contribution in [1.82, 2.24) is 15.3 Å². The van der Waals surface area contributed by atoms with Crippen molar-refractivity contribution in [2.24, 2.45) is 0 Å². The summed E-state index contributed by atoms with van der Waals surface area (Å²) in [7, 11) is 1.56. The van der Waals surface area contributed by atoms with E-state index in [0.29, 0.717) is 24.9 Å². The van der Waals surface area contributed by atoms with Crippen LogP contribution in [0.15, 0.2) is 10.7 Å². The van der Waals surface area contributed by atoms with Gasteiger partial charge in [-0.2, -0.15) is 4.98 Å². The minimum Gasteiger partial charge on any atom is -0.480 e. The van der Waals surface area contributed by atoms with Gasteiger partial charge in [0.25, 0.3) is 0 Å². The van der Waals surface area contributed by atoms with Gasteiger partial charge in [-0.25, -0.2) is 4.98 Å². The first-order valence-corrected chi connectivity index (χ1v) is 6.12. The van der Waals surface area contributed by atoms with E-state index in [1.807, 2.05) is 0 Å². The van der Waals surface area contributed by atoms with Gasteiger partial charge in [-0.15, -0.1) is 0 Å². The Hall–Kier alpha value is -0.920. The van der Waals surface area contributed by atoms with Crippen molar-refractivity contribution in [2.75, 3.05) is 32.1 Å². The number of aliphatic hydroxyl groups is 1. The Bertz CT molecular complexity index is 349. The van der Waals surface area contributed by atoms with Crippen LogP contribution < -0.4 is 15.4 Å². The fraction of sp³-hybridized carbons (Fsp3) is 0.600. The molecule has 1 atom stereocenters. The van der Waals surface area contributed by atoms with E-state index < -0.39 is 0 Å². The first-order chi connectivity index (χ1) is 8.13. The molecule has 17 heavy (non-hydrogen) atoms. The van der Waals surface area contributed by atoms with Crippen LogP contribution in [0.2, 0.25) is 0 Å². The number of ether oxygens (including phenoxy) is 1. The van der Waals surface area contributed by atoms with Gasteiger partial charge in [0.05, 0.1) is 23.9 Å². The molecule has 1 rings (SSSR count). The zero-order valence-electron chi connectivity index (χ0n) is 9.90. The lowest BCUT2D eigenvalue weighted by atomic mass is 10.4. The summed E-state index contributed by atoms with van der Waals surface area (Å²) in [4.78, 5) is 8.25. The van der Waals surface area contributed by atoms with E-state index in [0.717, 1.165) is 11.0 Å². The second-order valence-electron chi connectivity index (χ2n) is 3.53. The smallest absolute Gasteiger partial charge is 0.232 e. The molecule has 0 spiro atoms. The van der Waals surface area contributed by atoms with Crippen molar-refractivity contribution in [1.29, 1.82) is 0 Å². The number of nitrogens with one attached hydrogen (secondary N) is 2. The molecule has 0 fully saturated rings. The lowest BCUT2D eigenvalue weighted by molar-refractivity contribution is 0.192. The number of methoxy groups -OCH3 is 1. The zero-order chi connectivity index (χ0) is 12.7. The van der Waals surface area contributed by atoms with Crippen LogP contribution in [0.4, 0.5) is 5.95 Å². The normalized spacial score (nSPS) is 12.2. The number of hydrogen-bond donors (Lipinski definition) is 3. The molecule has 0 aromatic carbocycles. The van der Waals surface area contributed by atoms with E-state index in [1.54, 1.807) is 20.2 Å². The lowest BCUT2D eigenvalue weighted by Gasteiger charge is -2.09. The summed E-state index contributed by atoms with van der Waals surface area (Å²) in [5.41, 5.74) is 0. The summed E-state index contributed by atoms with van der Waals surface area (Å²) in [6.45, 7) is 3.72. The van der Waals surface area contributed by atoms with Crippen molar-refractivity contribution < 1.29 is 9.84 Å². The number of aliphatic hydroxyl groups excluding tert-OH is 1. The van der Waals surface area contributed by atoms with Gasteiger partial charge in [0.15, 0.2) is 0 Å². The average molecular weight is 305 g/mol. The number of anilines is 1. The van der Waals surface area contributed by atoms with Crippen LogP contribution in [-0.4, -0.2) is 47.9 Å². The maximum Gasteiger partial charge on any atom is 0.232 e. The third-order valence-corrected chi connectivity index (χ3v) is 2.47. The maximum atomic E-state index is 9.04. The van der Waals surface area contributed by atoms with Gasteiger partial charge >= 0.3 is 0 Å². The predicted molar refractivity (Wildman–Crippen MR) is 69.3 cm³/mol. The van der Waals surface area contributed by atoms with Crippen LogP contribution in [0.25, 0.3) is 0 Å². The molecule has 0 bridgehead atoms. The molecule has 96 valence electrons. The molecular weight excluding hydrogens is 288 g/mol. The van der Waals surface area contributed by atoms with E-state index in [2.05, 4.69) is 36.5 Å². The third-order valence-electron chi connectivity index (χ3n) is 1.93. The fourth-order valence-electron chi connectivity index (χ4n) is 1.15. The molecule has 1 unspecified atom stereocenters. The Balaban J connectivity index is 2.32. The highest BCUT2D eigenvalue weighted by Gasteiger charge is 2.04. The van der Waals surface area contributed by atoms with Crippen molar-refractivity contribution >= 4 is 21.9 Å². The van der Waals surface area contributed by atoms with Gasteiger partial charge in [0.1, 0.15) is 0 Å². The van der Waals surface area contributed by atoms with Gasteiger partial charge in [0.2, 0.25) is 11.8 Å². The molecule has 0 radical (unpaired) electrons. The topological polar surface area (TPSA) is 79.3 Å². The second kappa shape index (κ2) is 7.41. The van der Waals surface area contributed by atoms with Crippen molar-refractivity contribution in [2.45, 2.75) is 13.0 Å². The molecule has 1 aromatic heterocycles. The summed E-state index contributed by atoms with van der Waals surface area (Å²) < 4.78 is 5.78. The SMILES string of the molecule is COc1nc(NCCNCC(C)O)ncc1Br. The van der Waals surface area contributed by atoms with Crippen LogP contribution in [0, 0.1) is 0 Å². The standard InChI is InChI=1S/C10H17BrN4O2/c1-7(16)5-12-3-4-13-10-14-6-8(11)9(15-10)17-2/h6-7,12,16H,3-5H2,1-2H3,(H,13,14,15). The van der Waals surface area contributed by atoms with Crippen LogP contribution in [0.1, 0.15) is 6.92 Å². The first-order valence-electron chi connectivity index (χ1n) is 5.32. The van der Waals surface area contributed by atoms with Crippen LogP contribution in [0.3, 0.4) is 0 Å². The summed E-state index contributed by atoms with van der Waals surface area (Å²) in [6, 6.07) is 0. The van der Waals surface area contributed by atoms with Crippen molar-refractivity contribution in [3.05, 3.63) is 10.7 Å². The molecule has 0 saturated heterocycles. The lowest BCUT2D eigenvalue weighted by Crippen LogP contribution is -2.29. The quantitative estimate of drug-likeness (QED) is 0.641. The molecule has 1 heterocycles. The highest BCUT2D eigenvalue weighted by Crippen LogP contribution is 2.21. The van der Waals surface area contributed by atoms with Crippen LogP contribution in [-0.2, 0) is 0 Å². The summed E-state index contributed by atoms with van der Waals surface area (Å²) in [6.07, 6.45) is 1.30. The van der Waals surface area contributed by atoms with Gasteiger partial charge in [0, 0.05) is 19.6 Å². The molecule has 6 nitrogen and oxygen atoms in total. The first kappa shape index (κ1) is 14.1. The van der Waals surface area contributed by atoms with Gasteiger partial charge in [-0.1, -0.05) is 0 Å². The van der Waals surface area contributed by atoms with E-state index in [9.17, 15) is 0 Å². The van der Waals surface area contributed by atoms with Gasteiger partial charge in [-0.3, -0.25) is 0 Å².